The van der Waals surface area contributed by atoms with Crippen molar-refractivity contribution in [2.45, 2.75) is 38.7 Å². The van der Waals surface area contributed by atoms with Crippen molar-refractivity contribution >= 4 is 5.78 Å². The fraction of sp³-hybridized carbons (Fsp3) is 0.909. The Hall–Kier alpha value is -0.410. The molecule has 0 aromatic carbocycles. The fourth-order valence-corrected chi connectivity index (χ4v) is 1.32. The van der Waals surface area contributed by atoms with Gasteiger partial charge in [0.2, 0.25) is 5.78 Å². The SMILES string of the molecule is CCCCCC(O)C(=O)C[N+](C)(C)C. The number of aliphatic hydroxyl groups is 1. The number of hydrogen-bond donors (Lipinski definition) is 1. The second-order valence-electron chi connectivity index (χ2n) is 4.93. The number of hydrogen-bond acceptors (Lipinski definition) is 2. The van der Waals surface area contributed by atoms with E-state index < -0.39 is 6.10 Å². The third kappa shape index (κ3) is 7.04. The average molecular weight is 202 g/mol. The minimum absolute atomic E-state index is 0.0337. The normalized spacial score (nSPS) is 14.1. The maximum absolute atomic E-state index is 11.5. The zero-order chi connectivity index (χ0) is 11.2. The molecular formula is C11H24NO2+. The number of unbranched alkanes of at least 4 members (excludes halogenated alkanes) is 2. The van der Waals surface area contributed by atoms with Crippen LogP contribution in [0.1, 0.15) is 32.6 Å². The standard InChI is InChI=1S/C11H24NO2/c1-5-6-7-8-10(13)11(14)9-12(2,3)4/h10,13H,5-9H2,1-4H3/q+1. The van der Waals surface area contributed by atoms with Crippen molar-refractivity contribution < 1.29 is 14.4 Å². The van der Waals surface area contributed by atoms with Crippen LogP contribution in [0.4, 0.5) is 0 Å². The third-order valence-corrected chi connectivity index (χ3v) is 2.08. The van der Waals surface area contributed by atoms with Crippen molar-refractivity contribution in [3.05, 3.63) is 0 Å². The van der Waals surface area contributed by atoms with E-state index in [0.29, 0.717) is 17.4 Å². The van der Waals surface area contributed by atoms with Gasteiger partial charge in [0.15, 0.2) is 0 Å². The zero-order valence-corrected chi connectivity index (χ0v) is 9.92. The quantitative estimate of drug-likeness (QED) is 0.497. The third-order valence-electron chi connectivity index (χ3n) is 2.08. The molecule has 1 unspecified atom stereocenters. The average Bonchev–Trinajstić information content (AvgIpc) is 2.01. The molecule has 0 aromatic heterocycles. The van der Waals surface area contributed by atoms with Crippen LogP contribution in [0.2, 0.25) is 0 Å². The molecule has 0 saturated heterocycles. The summed E-state index contributed by atoms with van der Waals surface area (Å²) in [4.78, 5) is 11.5. The predicted molar refractivity (Wildman–Crippen MR) is 58.1 cm³/mol. The first-order valence-corrected chi connectivity index (χ1v) is 5.38. The van der Waals surface area contributed by atoms with Gasteiger partial charge >= 0.3 is 0 Å². The smallest absolute Gasteiger partial charge is 0.215 e. The van der Waals surface area contributed by atoms with Crippen LogP contribution in [0.3, 0.4) is 0 Å². The number of likely N-dealkylation sites (N-methyl/N-ethyl adjacent to an activating group) is 1. The van der Waals surface area contributed by atoms with Crippen LogP contribution in [0.25, 0.3) is 0 Å². The molecule has 0 aliphatic heterocycles. The Kier molecular flexibility index (Phi) is 5.96. The zero-order valence-electron chi connectivity index (χ0n) is 9.92. The Morgan fingerprint density at radius 3 is 2.29 bits per heavy atom. The van der Waals surface area contributed by atoms with E-state index in [-0.39, 0.29) is 5.78 Å². The van der Waals surface area contributed by atoms with Gasteiger partial charge in [0.25, 0.3) is 0 Å². The van der Waals surface area contributed by atoms with E-state index in [1.54, 1.807) is 0 Å². The van der Waals surface area contributed by atoms with Crippen molar-refractivity contribution in [1.82, 2.24) is 0 Å². The second-order valence-corrected chi connectivity index (χ2v) is 4.93. The molecule has 3 nitrogen and oxygen atoms in total. The number of rotatable bonds is 7. The van der Waals surface area contributed by atoms with Crippen LogP contribution in [0, 0.1) is 0 Å². The van der Waals surface area contributed by atoms with Crippen LogP contribution < -0.4 is 0 Å². The molecule has 84 valence electrons. The molecule has 0 spiro atoms. The molecule has 0 fully saturated rings. The van der Waals surface area contributed by atoms with Crippen LogP contribution in [-0.4, -0.2) is 49.2 Å². The van der Waals surface area contributed by atoms with Gasteiger partial charge in [-0.1, -0.05) is 26.2 Å². The summed E-state index contributed by atoms with van der Waals surface area (Å²) in [7, 11) is 5.87. The Labute approximate surface area is 87.3 Å². The van der Waals surface area contributed by atoms with E-state index in [4.69, 9.17) is 0 Å². The second kappa shape index (κ2) is 6.14. The molecule has 0 aliphatic rings. The summed E-state index contributed by atoms with van der Waals surface area (Å²) in [6.45, 7) is 2.52. The summed E-state index contributed by atoms with van der Waals surface area (Å²) in [5.41, 5.74) is 0. The van der Waals surface area contributed by atoms with Crippen molar-refractivity contribution in [1.29, 1.82) is 0 Å². The molecule has 0 rings (SSSR count). The van der Waals surface area contributed by atoms with Crippen LogP contribution in [-0.2, 0) is 4.79 Å². The molecule has 0 radical (unpaired) electrons. The van der Waals surface area contributed by atoms with Gasteiger partial charge in [-0.3, -0.25) is 4.79 Å². The van der Waals surface area contributed by atoms with E-state index in [1.807, 2.05) is 21.1 Å². The summed E-state index contributed by atoms with van der Waals surface area (Å²) >= 11 is 0. The Balaban J connectivity index is 3.77. The molecule has 0 saturated carbocycles. The minimum atomic E-state index is -0.751. The van der Waals surface area contributed by atoms with Crippen molar-refractivity contribution in [2.75, 3.05) is 27.7 Å². The summed E-state index contributed by atoms with van der Waals surface area (Å²) in [6.07, 6.45) is 3.02. The van der Waals surface area contributed by atoms with Crippen LogP contribution in [0.15, 0.2) is 0 Å². The highest BCUT2D eigenvalue weighted by Gasteiger charge is 2.21. The Morgan fingerprint density at radius 2 is 1.86 bits per heavy atom. The lowest BCUT2D eigenvalue weighted by atomic mass is 10.1. The first-order valence-electron chi connectivity index (χ1n) is 5.38. The maximum Gasteiger partial charge on any atom is 0.215 e. The summed E-state index contributed by atoms with van der Waals surface area (Å²) in [5.74, 6) is -0.0337. The lowest BCUT2D eigenvalue weighted by Gasteiger charge is -2.24. The first-order chi connectivity index (χ1) is 6.37. The first kappa shape index (κ1) is 13.6. The van der Waals surface area contributed by atoms with Gasteiger partial charge in [0.05, 0.1) is 21.1 Å². The molecule has 1 N–H and O–H groups in total. The topological polar surface area (TPSA) is 37.3 Å². The molecule has 0 aromatic rings. The van der Waals surface area contributed by atoms with E-state index in [1.165, 1.54) is 0 Å². The molecule has 14 heavy (non-hydrogen) atoms. The number of Topliss-reactive ketones (excluding diaryl/α,β-unsaturated/α-hetero) is 1. The molecule has 0 heterocycles. The number of quaternary nitrogens is 1. The van der Waals surface area contributed by atoms with Gasteiger partial charge in [0.1, 0.15) is 12.6 Å². The molecule has 3 heteroatoms. The van der Waals surface area contributed by atoms with Gasteiger partial charge in [-0.15, -0.1) is 0 Å². The fourth-order valence-electron chi connectivity index (χ4n) is 1.32. The molecular weight excluding hydrogens is 178 g/mol. The van der Waals surface area contributed by atoms with E-state index in [2.05, 4.69) is 6.92 Å². The molecule has 1 atom stereocenters. The number of carbonyl (C=O) groups is 1. The van der Waals surface area contributed by atoms with Crippen molar-refractivity contribution in [2.24, 2.45) is 0 Å². The predicted octanol–water partition coefficient (Wildman–Crippen LogP) is 1.20. The van der Waals surface area contributed by atoms with Gasteiger partial charge in [-0.2, -0.15) is 0 Å². The number of ketones is 1. The van der Waals surface area contributed by atoms with Crippen molar-refractivity contribution in [3.63, 3.8) is 0 Å². The number of aliphatic hydroxyl groups excluding tert-OH is 1. The highest BCUT2D eigenvalue weighted by Crippen LogP contribution is 2.05. The van der Waals surface area contributed by atoms with E-state index in [9.17, 15) is 9.90 Å². The maximum atomic E-state index is 11.5. The highest BCUT2D eigenvalue weighted by atomic mass is 16.3. The van der Waals surface area contributed by atoms with Crippen molar-refractivity contribution in [3.8, 4) is 0 Å². The lowest BCUT2D eigenvalue weighted by molar-refractivity contribution is -0.862. The highest BCUT2D eigenvalue weighted by molar-refractivity contribution is 5.83. The molecule has 0 bridgehead atoms. The van der Waals surface area contributed by atoms with Gasteiger partial charge in [-0.25, -0.2) is 0 Å². The monoisotopic (exact) mass is 202 g/mol. The van der Waals surface area contributed by atoms with Gasteiger partial charge < -0.3 is 9.59 Å². The molecule has 0 aliphatic carbocycles. The largest absolute Gasteiger partial charge is 0.385 e. The van der Waals surface area contributed by atoms with Gasteiger partial charge in [-0.05, 0) is 6.42 Å². The Morgan fingerprint density at radius 1 is 1.29 bits per heavy atom. The van der Waals surface area contributed by atoms with Gasteiger partial charge in [0, 0.05) is 0 Å². The summed E-state index contributed by atoms with van der Waals surface area (Å²) < 4.78 is 0.587. The Bertz CT molecular complexity index is 173. The van der Waals surface area contributed by atoms with Crippen LogP contribution in [0.5, 0.6) is 0 Å². The summed E-state index contributed by atoms with van der Waals surface area (Å²) in [6, 6.07) is 0. The molecule has 0 amide bonds. The summed E-state index contributed by atoms with van der Waals surface area (Å²) in [5, 5.41) is 9.55. The van der Waals surface area contributed by atoms with E-state index in [0.717, 1.165) is 19.3 Å². The van der Waals surface area contributed by atoms with Crippen LogP contribution >= 0.6 is 0 Å². The lowest BCUT2D eigenvalue weighted by Crippen LogP contribution is -2.43. The minimum Gasteiger partial charge on any atom is -0.385 e. The number of carbonyl (C=O) groups excluding carboxylic acids is 1. The van der Waals surface area contributed by atoms with E-state index >= 15 is 0 Å². The number of nitrogens with zero attached hydrogens (tertiary/aromatic N) is 1.